The van der Waals surface area contributed by atoms with Gasteiger partial charge in [0.2, 0.25) is 0 Å². The zero-order valence-corrected chi connectivity index (χ0v) is 12.9. The summed E-state index contributed by atoms with van der Waals surface area (Å²) >= 11 is 0. The van der Waals surface area contributed by atoms with Crippen LogP contribution in [0.5, 0.6) is 0 Å². The summed E-state index contributed by atoms with van der Waals surface area (Å²) in [5.41, 5.74) is 1.02. The summed E-state index contributed by atoms with van der Waals surface area (Å²) in [6.45, 7) is 10.2. The third kappa shape index (κ3) is 6.02. The summed E-state index contributed by atoms with van der Waals surface area (Å²) < 4.78 is 0. The van der Waals surface area contributed by atoms with E-state index in [1.807, 2.05) is 39.0 Å². The van der Waals surface area contributed by atoms with Crippen LogP contribution in [-0.4, -0.2) is 17.9 Å². The van der Waals surface area contributed by atoms with E-state index < -0.39 is 0 Å². The molecule has 106 valence electrons. The normalized spacial score (nSPS) is 13.6. The van der Waals surface area contributed by atoms with Gasteiger partial charge < -0.3 is 5.32 Å². The number of Topliss-reactive ketones (excluding diaryl/α,β-unsaturated/α-hetero) is 1. The molecule has 0 bridgehead atoms. The van der Waals surface area contributed by atoms with E-state index in [-0.39, 0.29) is 11.5 Å². The molecule has 0 aliphatic heterocycles. The Bertz CT molecular complexity index is 389. The first-order chi connectivity index (χ1) is 8.79. The Hall–Kier alpha value is -1.15. The van der Waals surface area contributed by atoms with Gasteiger partial charge in [-0.05, 0) is 12.0 Å². The third-order valence-electron chi connectivity index (χ3n) is 3.16. The van der Waals surface area contributed by atoms with Crippen LogP contribution in [0.3, 0.4) is 0 Å². The largest absolute Gasteiger partial charge is 0.311 e. The molecule has 1 aromatic rings. The molecule has 0 heterocycles. The van der Waals surface area contributed by atoms with Gasteiger partial charge >= 0.3 is 0 Å². The highest BCUT2D eigenvalue weighted by Gasteiger charge is 2.24. The lowest BCUT2D eigenvalue weighted by atomic mass is 9.86. The van der Waals surface area contributed by atoms with Crippen LogP contribution >= 0.6 is 0 Å². The van der Waals surface area contributed by atoms with E-state index in [1.54, 1.807) is 0 Å². The zero-order chi connectivity index (χ0) is 14.5. The summed E-state index contributed by atoms with van der Waals surface area (Å²) in [4.78, 5) is 12.2. The van der Waals surface area contributed by atoms with E-state index in [2.05, 4.69) is 31.3 Å². The molecular weight excluding hydrogens is 234 g/mol. The first kappa shape index (κ1) is 15.9. The lowest BCUT2D eigenvalue weighted by molar-refractivity contribution is -0.126. The molecule has 1 N–H and O–H groups in total. The van der Waals surface area contributed by atoms with Crippen LogP contribution in [0.2, 0.25) is 0 Å². The Balaban J connectivity index is 2.70. The molecule has 1 rings (SSSR count). The Labute approximate surface area is 117 Å². The summed E-state index contributed by atoms with van der Waals surface area (Å²) in [6, 6.07) is 11.0. The molecule has 2 heteroatoms. The maximum atomic E-state index is 12.2. The molecule has 0 amide bonds. The van der Waals surface area contributed by atoms with Crippen LogP contribution in [0.1, 0.15) is 46.6 Å². The van der Waals surface area contributed by atoms with E-state index in [0.29, 0.717) is 18.2 Å². The van der Waals surface area contributed by atoms with Gasteiger partial charge in [0, 0.05) is 23.9 Å². The van der Waals surface area contributed by atoms with E-state index in [4.69, 9.17) is 0 Å². The standard InChI is InChI=1S/C17H27NO/c1-13(2)18-15(12-16(19)17(3,4)5)11-14-9-7-6-8-10-14/h6-10,13,15,18H,11-12H2,1-5H3/t15-/m0/s1. The molecule has 0 aliphatic rings. The molecule has 2 nitrogen and oxygen atoms in total. The van der Waals surface area contributed by atoms with Gasteiger partial charge in [0.25, 0.3) is 0 Å². The number of carbonyl (C=O) groups excluding carboxylic acids is 1. The van der Waals surface area contributed by atoms with Crippen LogP contribution < -0.4 is 5.32 Å². The maximum Gasteiger partial charge on any atom is 0.139 e. The van der Waals surface area contributed by atoms with Crippen molar-refractivity contribution in [2.24, 2.45) is 5.41 Å². The molecule has 0 saturated heterocycles. The molecule has 1 atom stereocenters. The minimum Gasteiger partial charge on any atom is -0.311 e. The molecule has 0 radical (unpaired) electrons. The fourth-order valence-corrected chi connectivity index (χ4v) is 2.09. The lowest BCUT2D eigenvalue weighted by Crippen LogP contribution is -2.40. The minimum atomic E-state index is -0.256. The number of carbonyl (C=O) groups is 1. The minimum absolute atomic E-state index is 0.217. The third-order valence-corrected chi connectivity index (χ3v) is 3.16. The van der Waals surface area contributed by atoms with Crippen LogP contribution in [0.4, 0.5) is 0 Å². The molecular formula is C17H27NO. The van der Waals surface area contributed by atoms with Crippen molar-refractivity contribution in [3.63, 3.8) is 0 Å². The summed E-state index contributed by atoms with van der Waals surface area (Å²) in [7, 11) is 0. The van der Waals surface area contributed by atoms with E-state index in [1.165, 1.54) is 5.56 Å². The van der Waals surface area contributed by atoms with Crippen molar-refractivity contribution < 1.29 is 4.79 Å². The second-order valence-corrected chi connectivity index (χ2v) is 6.59. The summed E-state index contributed by atoms with van der Waals surface area (Å²) in [5, 5.41) is 3.51. The van der Waals surface area contributed by atoms with Crippen molar-refractivity contribution in [3.05, 3.63) is 35.9 Å². The Morgan fingerprint density at radius 1 is 1.16 bits per heavy atom. The number of nitrogens with one attached hydrogen (secondary N) is 1. The number of hydrogen-bond donors (Lipinski definition) is 1. The second kappa shape index (κ2) is 6.85. The number of benzene rings is 1. The van der Waals surface area contributed by atoms with Crippen LogP contribution in [0.15, 0.2) is 30.3 Å². The molecule has 0 aliphatic carbocycles. The van der Waals surface area contributed by atoms with Crippen molar-refractivity contribution in [1.29, 1.82) is 0 Å². The molecule has 0 unspecified atom stereocenters. The fraction of sp³-hybridized carbons (Fsp3) is 0.588. The summed E-state index contributed by atoms with van der Waals surface area (Å²) in [6.07, 6.45) is 1.50. The van der Waals surface area contributed by atoms with Gasteiger partial charge in [0.05, 0.1) is 0 Å². The van der Waals surface area contributed by atoms with E-state index in [9.17, 15) is 4.79 Å². The van der Waals surface area contributed by atoms with E-state index >= 15 is 0 Å². The number of ketones is 1. The smallest absolute Gasteiger partial charge is 0.139 e. The average Bonchev–Trinajstić information content (AvgIpc) is 2.28. The maximum absolute atomic E-state index is 12.2. The topological polar surface area (TPSA) is 29.1 Å². The fourth-order valence-electron chi connectivity index (χ4n) is 2.09. The first-order valence-corrected chi connectivity index (χ1v) is 7.12. The molecule has 0 saturated carbocycles. The van der Waals surface area contributed by atoms with Crippen molar-refractivity contribution in [2.45, 2.75) is 59.5 Å². The lowest BCUT2D eigenvalue weighted by Gasteiger charge is -2.25. The Kier molecular flexibility index (Phi) is 5.74. The Morgan fingerprint density at radius 2 is 1.74 bits per heavy atom. The second-order valence-electron chi connectivity index (χ2n) is 6.59. The van der Waals surface area contributed by atoms with Gasteiger partial charge in [-0.15, -0.1) is 0 Å². The SMILES string of the molecule is CC(C)N[C@H](CC(=O)C(C)(C)C)Cc1ccccc1. The van der Waals surface area contributed by atoms with Gasteiger partial charge in [-0.25, -0.2) is 0 Å². The van der Waals surface area contributed by atoms with Crippen LogP contribution in [0.25, 0.3) is 0 Å². The number of hydrogen-bond acceptors (Lipinski definition) is 2. The molecule has 19 heavy (non-hydrogen) atoms. The average molecular weight is 261 g/mol. The van der Waals surface area contributed by atoms with Crippen molar-refractivity contribution in [1.82, 2.24) is 5.32 Å². The highest BCUT2D eigenvalue weighted by atomic mass is 16.1. The predicted octanol–water partition coefficient (Wildman–Crippen LogP) is 3.60. The summed E-state index contributed by atoms with van der Waals surface area (Å²) in [5.74, 6) is 0.321. The Morgan fingerprint density at radius 3 is 2.21 bits per heavy atom. The molecule has 1 aromatic carbocycles. The highest BCUT2D eigenvalue weighted by molar-refractivity contribution is 5.84. The molecule has 0 spiro atoms. The van der Waals surface area contributed by atoms with Gasteiger partial charge in [-0.3, -0.25) is 4.79 Å². The van der Waals surface area contributed by atoms with Gasteiger partial charge in [0.15, 0.2) is 0 Å². The number of rotatable bonds is 6. The van der Waals surface area contributed by atoms with Gasteiger partial charge in [0.1, 0.15) is 5.78 Å². The molecule has 0 fully saturated rings. The zero-order valence-electron chi connectivity index (χ0n) is 12.9. The van der Waals surface area contributed by atoms with Crippen molar-refractivity contribution in [3.8, 4) is 0 Å². The monoisotopic (exact) mass is 261 g/mol. The quantitative estimate of drug-likeness (QED) is 0.847. The van der Waals surface area contributed by atoms with Gasteiger partial charge in [-0.1, -0.05) is 65.0 Å². The van der Waals surface area contributed by atoms with E-state index in [0.717, 1.165) is 6.42 Å². The van der Waals surface area contributed by atoms with Gasteiger partial charge in [-0.2, -0.15) is 0 Å². The van der Waals surface area contributed by atoms with Crippen molar-refractivity contribution in [2.75, 3.05) is 0 Å². The first-order valence-electron chi connectivity index (χ1n) is 7.12. The molecule has 0 aromatic heterocycles. The van der Waals surface area contributed by atoms with Crippen LogP contribution in [-0.2, 0) is 11.2 Å². The van der Waals surface area contributed by atoms with Crippen LogP contribution in [0, 0.1) is 5.41 Å². The predicted molar refractivity (Wildman–Crippen MR) is 81.3 cm³/mol. The highest BCUT2D eigenvalue weighted by Crippen LogP contribution is 2.19. The van der Waals surface area contributed by atoms with Crippen molar-refractivity contribution >= 4 is 5.78 Å².